The SMILES string of the molecule is CC/C=C/CC(O)/C=C/C=C/CCCCCCCC(=O)O[C@H](COC(=O)CCCCCCCCCCCCCCCCC)COP(=O)(O)OC[C@@H](O)CO. The van der Waals surface area contributed by atoms with E-state index in [2.05, 4.69) is 24.4 Å². The Balaban J connectivity index is 4.37. The summed E-state index contributed by atoms with van der Waals surface area (Å²) >= 11 is 0. The number of carbonyl (C=O) groups is 2. The molecule has 4 N–H and O–H groups in total. The fraction of sp³-hybridized carbons (Fsp3) is 0.810. The standard InChI is InChI=1S/C42H77O11P/c1-3-5-7-8-9-10-11-12-13-14-15-18-21-24-28-32-41(46)50-36-40(37-52-54(48,49)51-35-39(45)34-43)53-42(47)33-29-25-22-19-16-17-20-23-27-31-38(44)30-26-6-4-2/h6,20,23,26-27,31,38-40,43-45H,3-5,7-19,21-22,24-25,28-30,32-37H2,1-2H3,(H,48,49)/b23-20+,26-6+,31-27+/t38?,39-,40+/m0/s1. The van der Waals surface area contributed by atoms with E-state index in [1.807, 2.05) is 24.3 Å². The van der Waals surface area contributed by atoms with E-state index < -0.39 is 57.9 Å². The number of esters is 2. The third-order valence-electron chi connectivity index (χ3n) is 8.89. The summed E-state index contributed by atoms with van der Waals surface area (Å²) in [5.41, 5.74) is 0. The van der Waals surface area contributed by atoms with Gasteiger partial charge in [-0.15, -0.1) is 0 Å². The van der Waals surface area contributed by atoms with Gasteiger partial charge in [-0.2, -0.15) is 0 Å². The van der Waals surface area contributed by atoms with Crippen molar-refractivity contribution in [3.05, 3.63) is 36.5 Å². The van der Waals surface area contributed by atoms with Gasteiger partial charge in [0.15, 0.2) is 6.10 Å². The highest BCUT2D eigenvalue weighted by Gasteiger charge is 2.27. The molecule has 0 rings (SSSR count). The maximum Gasteiger partial charge on any atom is 0.472 e. The number of phosphoric acid groups is 1. The van der Waals surface area contributed by atoms with Crippen LogP contribution in [0.2, 0.25) is 0 Å². The number of phosphoric ester groups is 1. The van der Waals surface area contributed by atoms with Crippen LogP contribution in [0.25, 0.3) is 0 Å². The average molecular weight is 789 g/mol. The van der Waals surface area contributed by atoms with E-state index in [1.165, 1.54) is 70.6 Å². The van der Waals surface area contributed by atoms with Crippen LogP contribution in [0.1, 0.15) is 174 Å². The van der Waals surface area contributed by atoms with Gasteiger partial charge in [-0.3, -0.25) is 18.6 Å². The van der Waals surface area contributed by atoms with E-state index >= 15 is 0 Å². The maximum absolute atomic E-state index is 12.6. The molecule has 4 atom stereocenters. The smallest absolute Gasteiger partial charge is 0.462 e. The van der Waals surface area contributed by atoms with Crippen molar-refractivity contribution < 1.29 is 52.9 Å². The van der Waals surface area contributed by atoms with Crippen LogP contribution in [0.5, 0.6) is 0 Å². The minimum Gasteiger partial charge on any atom is -0.462 e. The Kier molecular flexibility index (Phi) is 36.7. The summed E-state index contributed by atoms with van der Waals surface area (Å²) in [6, 6.07) is 0. The second-order valence-corrected chi connectivity index (χ2v) is 15.6. The summed E-state index contributed by atoms with van der Waals surface area (Å²) in [5.74, 6) is -0.975. The van der Waals surface area contributed by atoms with Gasteiger partial charge in [0.2, 0.25) is 0 Å². The molecule has 2 unspecified atom stereocenters. The quantitative estimate of drug-likeness (QED) is 0.0154. The van der Waals surface area contributed by atoms with Crippen LogP contribution in [-0.2, 0) is 32.7 Å². The van der Waals surface area contributed by atoms with Gasteiger partial charge in [-0.1, -0.05) is 159 Å². The Labute approximate surface area is 327 Å². The molecule has 0 spiro atoms. The Hall–Kier alpha value is -1.85. The van der Waals surface area contributed by atoms with Crippen molar-refractivity contribution in [2.75, 3.05) is 26.4 Å². The Morgan fingerprint density at radius 2 is 1.15 bits per heavy atom. The van der Waals surface area contributed by atoms with Crippen LogP contribution in [0.15, 0.2) is 36.5 Å². The predicted molar refractivity (Wildman–Crippen MR) is 216 cm³/mol. The average Bonchev–Trinajstić information content (AvgIpc) is 3.15. The lowest BCUT2D eigenvalue weighted by molar-refractivity contribution is -0.161. The number of unbranched alkanes of at least 4 members (excludes halogenated alkanes) is 19. The van der Waals surface area contributed by atoms with Gasteiger partial charge in [0.1, 0.15) is 12.7 Å². The molecule has 0 radical (unpaired) electrons. The molecular formula is C42H77O11P. The number of hydrogen-bond acceptors (Lipinski definition) is 10. The molecule has 0 aliphatic carbocycles. The highest BCUT2D eigenvalue weighted by Crippen LogP contribution is 2.43. The second-order valence-electron chi connectivity index (χ2n) is 14.2. The first-order chi connectivity index (χ1) is 26.1. The number of aliphatic hydroxyl groups excluding tert-OH is 3. The lowest BCUT2D eigenvalue weighted by Crippen LogP contribution is -2.29. The van der Waals surface area contributed by atoms with Crippen LogP contribution < -0.4 is 0 Å². The van der Waals surface area contributed by atoms with Gasteiger partial charge < -0.3 is 29.7 Å². The topological polar surface area (TPSA) is 169 Å². The molecule has 0 aliphatic rings. The second kappa shape index (κ2) is 38.0. The van der Waals surface area contributed by atoms with Crippen molar-refractivity contribution in [3.8, 4) is 0 Å². The zero-order valence-electron chi connectivity index (χ0n) is 33.8. The number of allylic oxidation sites excluding steroid dienone is 4. The fourth-order valence-corrected chi connectivity index (χ4v) is 6.41. The van der Waals surface area contributed by atoms with Gasteiger partial charge in [-0.25, -0.2) is 4.57 Å². The highest BCUT2D eigenvalue weighted by atomic mass is 31.2. The van der Waals surface area contributed by atoms with Crippen molar-refractivity contribution in [1.82, 2.24) is 0 Å². The molecule has 0 aliphatic heterocycles. The fourth-order valence-electron chi connectivity index (χ4n) is 5.62. The molecule has 0 saturated carbocycles. The number of ether oxygens (including phenoxy) is 2. The van der Waals surface area contributed by atoms with E-state index in [1.54, 1.807) is 6.08 Å². The monoisotopic (exact) mass is 789 g/mol. The van der Waals surface area contributed by atoms with Crippen molar-refractivity contribution in [1.29, 1.82) is 0 Å². The minimum absolute atomic E-state index is 0.139. The van der Waals surface area contributed by atoms with E-state index in [0.29, 0.717) is 19.3 Å². The van der Waals surface area contributed by atoms with Crippen molar-refractivity contribution >= 4 is 19.8 Å². The van der Waals surface area contributed by atoms with Gasteiger partial charge >= 0.3 is 19.8 Å². The molecule has 11 nitrogen and oxygen atoms in total. The normalized spacial score (nSPS) is 14.9. The van der Waals surface area contributed by atoms with E-state index in [9.17, 15) is 29.3 Å². The largest absolute Gasteiger partial charge is 0.472 e. The zero-order valence-corrected chi connectivity index (χ0v) is 34.7. The van der Waals surface area contributed by atoms with Gasteiger partial charge in [-0.05, 0) is 38.5 Å². The lowest BCUT2D eigenvalue weighted by atomic mass is 10.0. The van der Waals surface area contributed by atoms with Crippen LogP contribution in [0.4, 0.5) is 0 Å². The predicted octanol–water partition coefficient (Wildman–Crippen LogP) is 9.75. The summed E-state index contributed by atoms with van der Waals surface area (Å²) in [5, 5.41) is 28.2. The van der Waals surface area contributed by atoms with Gasteiger partial charge in [0, 0.05) is 12.8 Å². The van der Waals surface area contributed by atoms with E-state index in [0.717, 1.165) is 57.8 Å². The number of aliphatic hydroxyl groups is 3. The van der Waals surface area contributed by atoms with Crippen molar-refractivity contribution in [2.45, 2.75) is 193 Å². The first-order valence-electron chi connectivity index (χ1n) is 21.1. The molecule has 316 valence electrons. The molecule has 0 aromatic carbocycles. The van der Waals surface area contributed by atoms with Crippen LogP contribution in [-0.4, -0.2) is 76.9 Å². The first-order valence-corrected chi connectivity index (χ1v) is 22.5. The summed E-state index contributed by atoms with van der Waals surface area (Å²) in [6.45, 7) is 2.13. The number of carbonyl (C=O) groups excluding carboxylic acids is 2. The molecule has 54 heavy (non-hydrogen) atoms. The van der Waals surface area contributed by atoms with Gasteiger partial charge in [0.25, 0.3) is 0 Å². The molecule has 0 bridgehead atoms. The minimum atomic E-state index is -4.63. The highest BCUT2D eigenvalue weighted by molar-refractivity contribution is 7.47. The van der Waals surface area contributed by atoms with Crippen molar-refractivity contribution in [3.63, 3.8) is 0 Å². The molecule has 0 amide bonds. The van der Waals surface area contributed by atoms with Crippen LogP contribution in [0.3, 0.4) is 0 Å². The van der Waals surface area contributed by atoms with Crippen molar-refractivity contribution in [2.24, 2.45) is 0 Å². The molecular weight excluding hydrogens is 711 g/mol. The molecule has 0 aromatic heterocycles. The maximum atomic E-state index is 12.6. The summed E-state index contributed by atoms with van der Waals surface area (Å²) in [4.78, 5) is 34.9. The van der Waals surface area contributed by atoms with E-state index in [-0.39, 0.29) is 19.4 Å². The van der Waals surface area contributed by atoms with Crippen LogP contribution >= 0.6 is 7.82 Å². The Morgan fingerprint density at radius 3 is 1.70 bits per heavy atom. The summed E-state index contributed by atoms with van der Waals surface area (Å²) in [6.07, 6.45) is 34.4. The molecule has 12 heteroatoms. The molecule has 0 aromatic rings. The third-order valence-corrected chi connectivity index (χ3v) is 9.84. The van der Waals surface area contributed by atoms with Gasteiger partial charge in [0.05, 0.1) is 25.9 Å². The summed E-state index contributed by atoms with van der Waals surface area (Å²) < 4.78 is 32.6. The lowest BCUT2D eigenvalue weighted by Gasteiger charge is -2.20. The zero-order chi connectivity index (χ0) is 40.0. The Morgan fingerprint density at radius 1 is 0.630 bits per heavy atom. The summed E-state index contributed by atoms with van der Waals surface area (Å²) in [7, 11) is -4.63. The molecule has 0 fully saturated rings. The van der Waals surface area contributed by atoms with E-state index in [4.69, 9.17) is 19.1 Å². The third kappa shape index (κ3) is 37.1. The number of rotatable bonds is 39. The Bertz CT molecular complexity index is 1020. The molecule has 0 saturated heterocycles. The first kappa shape index (κ1) is 52.2. The number of hydrogen-bond donors (Lipinski definition) is 4. The molecule has 0 heterocycles. The van der Waals surface area contributed by atoms with Crippen LogP contribution in [0, 0.1) is 0 Å².